The number of hydrogen-bond donors (Lipinski definition) is 10. The zero-order valence-corrected chi connectivity index (χ0v) is 33.6. The van der Waals surface area contributed by atoms with Crippen LogP contribution in [-0.2, 0) is 23.9 Å². The number of allylic oxidation sites excluding steroid dienone is 1. The predicted molar refractivity (Wildman–Crippen MR) is 216 cm³/mol. The van der Waals surface area contributed by atoms with Crippen molar-refractivity contribution in [2.24, 2.45) is 10.9 Å². The molecule has 9 atom stereocenters. The lowest BCUT2D eigenvalue weighted by Crippen LogP contribution is -3.08. The summed E-state index contributed by atoms with van der Waals surface area (Å²) in [6, 6.07) is 15.9. The van der Waals surface area contributed by atoms with Crippen LogP contribution in [0.15, 0.2) is 98.5 Å². The quantitative estimate of drug-likeness (QED) is 0.0406. The van der Waals surface area contributed by atoms with E-state index >= 15 is 0 Å². The summed E-state index contributed by atoms with van der Waals surface area (Å²) in [6.07, 6.45) is -6.09. The Morgan fingerprint density at radius 2 is 1.71 bits per heavy atom. The van der Waals surface area contributed by atoms with Crippen LogP contribution in [-0.4, -0.2) is 128 Å². The Balaban J connectivity index is 1.25. The highest BCUT2D eigenvalue weighted by atomic mass is 16.8. The number of phenolic OH excluding ortho intramolecular Hbond substituents is 1. The van der Waals surface area contributed by atoms with Gasteiger partial charge in [-0.15, -0.1) is 0 Å². The molecule has 1 fully saturated rings. The molecule has 0 bridgehead atoms. The minimum atomic E-state index is -3.31. The Bertz CT molecular complexity index is 2500. The highest BCUT2D eigenvalue weighted by Crippen LogP contribution is 2.36. The molecule has 1 unspecified atom stereocenters. The molecule has 7 rings (SSSR count). The molecule has 10 N–H and O–H groups in total. The number of hydrogen-bond acceptors (Lipinski definition) is 17. The van der Waals surface area contributed by atoms with Gasteiger partial charge in [-0.25, -0.2) is 4.99 Å². The zero-order chi connectivity index (χ0) is 44.7. The van der Waals surface area contributed by atoms with Crippen molar-refractivity contribution in [3.63, 3.8) is 0 Å². The number of nitrogens with zero attached hydrogens (tertiary/aromatic N) is 1. The van der Waals surface area contributed by atoms with Gasteiger partial charge in [0.1, 0.15) is 60.1 Å². The average molecular weight is 861 g/mol. The molecule has 4 heterocycles. The van der Waals surface area contributed by atoms with Gasteiger partial charge in [0, 0.05) is 36.4 Å². The number of ether oxygens (including phenoxy) is 3. The molecule has 0 aliphatic carbocycles. The maximum absolute atomic E-state index is 13.5. The number of aromatic hydroxyl groups is 1. The van der Waals surface area contributed by atoms with E-state index in [1.54, 1.807) is 24.4 Å². The maximum atomic E-state index is 13.5. The van der Waals surface area contributed by atoms with E-state index in [1.807, 2.05) is 32.0 Å². The summed E-state index contributed by atoms with van der Waals surface area (Å²) in [5, 5.41) is 88.3. The Kier molecular flexibility index (Phi) is 12.5. The van der Waals surface area contributed by atoms with Crippen LogP contribution in [0.5, 0.6) is 11.5 Å². The number of carboxylic acid groups (broad SMARTS) is 1. The average Bonchev–Trinajstić information content (AvgIpc) is 3.82. The third-order valence-corrected chi connectivity index (χ3v) is 11.0. The van der Waals surface area contributed by atoms with E-state index in [9.17, 15) is 55.2 Å². The Morgan fingerprint density at radius 1 is 1.00 bits per heavy atom. The van der Waals surface area contributed by atoms with Crippen LogP contribution < -0.4 is 20.5 Å². The topological polar surface area (TPSA) is 292 Å². The number of esters is 1. The second-order valence-electron chi connectivity index (χ2n) is 15.3. The van der Waals surface area contributed by atoms with Crippen molar-refractivity contribution in [3.05, 3.63) is 111 Å². The van der Waals surface area contributed by atoms with Crippen molar-refractivity contribution in [2.75, 3.05) is 26.8 Å². The number of aliphatic carboxylic acids is 1. The standard InChI is InChI=1S/C43H45N3O16/c1-21-14-22(2)16-25(15-21)33-32-24(10-12-45-32)18-46(33)62-37-35(51)36(52)38(43(57,20-48)61-40(55)31(39(53)54)42(56,44-3)11-13-47)60-41(37)59-27-8-9-28-30(17-27)58-19-29(34(28)50)23-4-6-26(49)7-5-23/h4-10,12,14-17,19,31,35-38,41,44,47-49,51-52,56-57H,11,13,18,20H2,1-3H3,(H,53,54)/p+1/t31-,35+,36+,37-,38+,41-,42-,43+/m0/s1. The van der Waals surface area contributed by atoms with Gasteiger partial charge in [-0.3, -0.25) is 19.7 Å². The fourth-order valence-electron chi connectivity index (χ4n) is 7.89. The molecule has 4 aromatic rings. The van der Waals surface area contributed by atoms with E-state index in [4.69, 9.17) is 23.5 Å². The smallest absolute Gasteiger partial charge is 0.327 e. The first-order valence-corrected chi connectivity index (χ1v) is 19.4. The number of hydroxylamine groups is 2. The van der Waals surface area contributed by atoms with E-state index in [0.29, 0.717) is 22.0 Å². The van der Waals surface area contributed by atoms with E-state index in [0.717, 1.165) is 29.3 Å². The maximum Gasteiger partial charge on any atom is 0.327 e. The first-order chi connectivity index (χ1) is 29.5. The number of carboxylic acids is 1. The lowest BCUT2D eigenvalue weighted by Gasteiger charge is -2.46. The van der Waals surface area contributed by atoms with E-state index in [-0.39, 0.29) is 34.6 Å². The van der Waals surface area contributed by atoms with Crippen LogP contribution in [0.2, 0.25) is 0 Å². The number of nitrogens with one attached hydrogen (secondary N) is 2. The Morgan fingerprint density at radius 3 is 2.35 bits per heavy atom. The van der Waals surface area contributed by atoms with Crippen LogP contribution >= 0.6 is 0 Å². The number of aliphatic hydroxyl groups excluding tert-OH is 4. The Labute approximate surface area is 352 Å². The lowest BCUT2D eigenvalue weighted by molar-refractivity contribution is -1.04. The summed E-state index contributed by atoms with van der Waals surface area (Å²) < 4.78 is 23.2. The van der Waals surface area contributed by atoms with Gasteiger partial charge in [0.2, 0.25) is 12.4 Å². The molecule has 3 aliphatic heterocycles. The summed E-state index contributed by atoms with van der Waals surface area (Å²) >= 11 is 0. The fraction of sp³-hybridized carbons (Fsp3) is 0.349. The van der Waals surface area contributed by atoms with Gasteiger partial charge in [0.05, 0.1) is 10.9 Å². The van der Waals surface area contributed by atoms with Gasteiger partial charge in [-0.1, -0.05) is 29.3 Å². The second-order valence-corrected chi connectivity index (χ2v) is 15.3. The molecule has 3 aliphatic rings. The van der Waals surface area contributed by atoms with Crippen molar-refractivity contribution in [3.8, 4) is 22.6 Å². The second kappa shape index (κ2) is 17.5. The third-order valence-electron chi connectivity index (χ3n) is 11.0. The van der Waals surface area contributed by atoms with Gasteiger partial charge >= 0.3 is 11.9 Å². The highest BCUT2D eigenvalue weighted by molar-refractivity contribution is 5.95. The summed E-state index contributed by atoms with van der Waals surface area (Å²) in [7, 11) is 1.11. The Hall–Kier alpha value is -5.84. The van der Waals surface area contributed by atoms with Gasteiger partial charge in [-0.05, 0) is 68.9 Å². The number of carbonyl (C=O) groups is 2. The van der Waals surface area contributed by atoms with Crippen LogP contribution in [0.1, 0.15) is 23.1 Å². The summed E-state index contributed by atoms with van der Waals surface area (Å²) in [4.78, 5) is 50.3. The van der Waals surface area contributed by atoms with E-state index in [2.05, 4.69) is 10.3 Å². The van der Waals surface area contributed by atoms with Crippen LogP contribution in [0.3, 0.4) is 0 Å². The molecular formula is C43H46N3O16+. The number of carbonyl (C=O) groups excluding carboxylic acids is 1. The molecule has 0 saturated carbocycles. The van der Waals surface area contributed by atoms with Crippen molar-refractivity contribution in [2.45, 2.75) is 62.5 Å². The number of benzene rings is 3. The van der Waals surface area contributed by atoms with Crippen LogP contribution in [0.4, 0.5) is 0 Å². The molecule has 0 spiro atoms. The van der Waals surface area contributed by atoms with Gasteiger partial charge in [-0.2, -0.15) is 9.90 Å². The van der Waals surface area contributed by atoms with Crippen LogP contribution in [0.25, 0.3) is 27.8 Å². The van der Waals surface area contributed by atoms with Gasteiger partial charge in [0.25, 0.3) is 5.79 Å². The molecule has 19 nitrogen and oxygen atoms in total. The van der Waals surface area contributed by atoms with Crippen molar-refractivity contribution in [1.82, 2.24) is 5.32 Å². The van der Waals surface area contributed by atoms with Gasteiger partial charge < -0.3 is 59.5 Å². The largest absolute Gasteiger partial charge is 0.508 e. The van der Waals surface area contributed by atoms with E-state index in [1.165, 1.54) is 36.6 Å². The molecule has 328 valence electrons. The fourth-order valence-corrected chi connectivity index (χ4v) is 7.89. The lowest BCUT2D eigenvalue weighted by atomic mass is 9.91. The van der Waals surface area contributed by atoms with E-state index < -0.39 is 85.1 Å². The summed E-state index contributed by atoms with van der Waals surface area (Å²) in [6.45, 7) is 1.72. The first-order valence-electron chi connectivity index (χ1n) is 19.4. The first kappa shape index (κ1) is 44.2. The minimum Gasteiger partial charge on any atom is -0.508 e. The number of aliphatic imine (C=N–C) groups is 1. The molecule has 1 aromatic heterocycles. The number of aryl methyl sites for hydroxylation is 2. The molecule has 62 heavy (non-hydrogen) atoms. The number of phenols is 1. The SMILES string of the molecule is CN[C@](O)(CCO)[C@@H](C(=O)O)C(=O)O[C@](O)(CO)[C@@H]1O[C@H](Oc2ccc3c(=O)c(-c4ccc(O)cc4)coc3c2)[C@@H](O[NH+]2CC3=CC=NC3=C2c2cc(C)cc(C)c2)[C@H](O)[C@H]1O. The van der Waals surface area contributed by atoms with Crippen molar-refractivity contribution < 1.29 is 79.0 Å². The monoisotopic (exact) mass is 860 g/mol. The van der Waals surface area contributed by atoms with Crippen molar-refractivity contribution >= 4 is 34.8 Å². The number of rotatable bonds is 15. The predicted octanol–water partition coefficient (Wildman–Crippen LogP) is -0.598. The number of fused-ring (bicyclic) bond motifs is 2. The normalized spacial score (nSPS) is 24.6. The molecule has 0 radical (unpaired) electrons. The highest BCUT2D eigenvalue weighted by Gasteiger charge is 2.60. The zero-order valence-electron chi connectivity index (χ0n) is 33.6. The van der Waals surface area contributed by atoms with Crippen molar-refractivity contribution in [1.29, 1.82) is 0 Å². The van der Waals surface area contributed by atoms with Gasteiger partial charge in [0.15, 0.2) is 23.1 Å². The molecule has 1 saturated heterocycles. The molecule has 19 heteroatoms. The van der Waals surface area contributed by atoms with Crippen LogP contribution in [0, 0.1) is 19.8 Å². The summed E-state index contributed by atoms with van der Waals surface area (Å²) in [5.74, 6) is -9.61. The number of aliphatic hydroxyl groups is 6. The molecule has 3 aromatic carbocycles. The molecular weight excluding hydrogens is 814 g/mol. The molecule has 0 amide bonds. The minimum absolute atomic E-state index is 0.00444. The number of quaternary nitrogens is 1. The summed E-state index contributed by atoms with van der Waals surface area (Å²) in [5.41, 5.74) is 2.32. The third kappa shape index (κ3) is 8.38.